The molecule has 0 bridgehead atoms. The lowest BCUT2D eigenvalue weighted by molar-refractivity contribution is 0.440. The summed E-state index contributed by atoms with van der Waals surface area (Å²) in [7, 11) is 0. The van der Waals surface area contributed by atoms with E-state index in [0.717, 1.165) is 35.7 Å². The molecule has 0 spiro atoms. The van der Waals surface area contributed by atoms with Gasteiger partial charge in [0, 0.05) is 13.1 Å². The van der Waals surface area contributed by atoms with Gasteiger partial charge in [0.05, 0.1) is 15.9 Å². The number of hydrogen-bond donors (Lipinski definition) is 1. The molecule has 3 nitrogen and oxygen atoms in total. The number of rotatable bonds is 5. The Morgan fingerprint density at radius 3 is 2.83 bits per heavy atom. The van der Waals surface area contributed by atoms with Crippen LogP contribution >= 0.6 is 27.7 Å². The predicted octanol–water partition coefficient (Wildman–Crippen LogP) is 3.21. The molecule has 1 N–H and O–H groups in total. The molecule has 1 saturated heterocycles. The van der Waals surface area contributed by atoms with Gasteiger partial charge in [-0.25, -0.2) is 0 Å². The molecule has 1 aliphatic rings. The lowest BCUT2D eigenvalue weighted by atomic mass is 10.0. The number of aromatic nitrogens is 2. The van der Waals surface area contributed by atoms with Crippen molar-refractivity contribution < 1.29 is 0 Å². The minimum absolute atomic E-state index is 0.865. The summed E-state index contributed by atoms with van der Waals surface area (Å²) in [4.78, 5) is 0. The SMILES string of the molecule is CCn1nc(C)c(Br)c1CNCC1CCSCC1. The number of halogens is 1. The number of nitrogens with one attached hydrogen (secondary N) is 1. The molecule has 0 unspecified atom stereocenters. The first kappa shape index (κ1) is 14.4. The average molecular weight is 332 g/mol. The second-order valence-corrected chi connectivity index (χ2v) is 6.87. The number of hydrogen-bond acceptors (Lipinski definition) is 3. The monoisotopic (exact) mass is 331 g/mol. The highest BCUT2D eigenvalue weighted by Crippen LogP contribution is 2.23. The van der Waals surface area contributed by atoms with Crippen molar-refractivity contribution in [2.24, 2.45) is 5.92 Å². The molecule has 1 aromatic rings. The van der Waals surface area contributed by atoms with Gasteiger partial charge in [-0.05, 0) is 66.6 Å². The van der Waals surface area contributed by atoms with Crippen molar-refractivity contribution in [2.45, 2.75) is 39.8 Å². The van der Waals surface area contributed by atoms with Crippen molar-refractivity contribution in [3.63, 3.8) is 0 Å². The van der Waals surface area contributed by atoms with Gasteiger partial charge in [-0.3, -0.25) is 4.68 Å². The molecule has 0 radical (unpaired) electrons. The van der Waals surface area contributed by atoms with Gasteiger partial charge < -0.3 is 5.32 Å². The zero-order valence-electron chi connectivity index (χ0n) is 11.2. The Balaban J connectivity index is 1.85. The third-order valence-electron chi connectivity index (χ3n) is 3.52. The van der Waals surface area contributed by atoms with Crippen LogP contribution in [0.3, 0.4) is 0 Å². The molecule has 102 valence electrons. The number of thioether (sulfide) groups is 1. The van der Waals surface area contributed by atoms with Crippen LogP contribution in [-0.4, -0.2) is 27.8 Å². The Kier molecular flexibility index (Phi) is 5.57. The topological polar surface area (TPSA) is 29.9 Å². The Morgan fingerprint density at radius 2 is 2.17 bits per heavy atom. The Morgan fingerprint density at radius 1 is 1.44 bits per heavy atom. The zero-order valence-corrected chi connectivity index (χ0v) is 13.6. The molecule has 1 aliphatic heterocycles. The summed E-state index contributed by atoms with van der Waals surface area (Å²) in [6, 6.07) is 0. The van der Waals surface area contributed by atoms with E-state index in [1.807, 2.05) is 0 Å². The van der Waals surface area contributed by atoms with Crippen LogP contribution < -0.4 is 5.32 Å². The zero-order chi connectivity index (χ0) is 13.0. The minimum Gasteiger partial charge on any atom is -0.311 e. The van der Waals surface area contributed by atoms with Crippen molar-refractivity contribution in [3.05, 3.63) is 15.9 Å². The van der Waals surface area contributed by atoms with Gasteiger partial charge in [-0.15, -0.1) is 0 Å². The minimum atomic E-state index is 0.865. The van der Waals surface area contributed by atoms with Crippen LogP contribution in [0.5, 0.6) is 0 Å². The molecule has 2 rings (SSSR count). The van der Waals surface area contributed by atoms with E-state index >= 15 is 0 Å². The van der Waals surface area contributed by atoms with Crippen LogP contribution in [-0.2, 0) is 13.1 Å². The Labute approximate surface area is 122 Å². The molecule has 1 fully saturated rings. The number of aryl methyl sites for hydroxylation is 2. The quantitative estimate of drug-likeness (QED) is 0.898. The molecular weight excluding hydrogens is 310 g/mol. The van der Waals surface area contributed by atoms with Crippen molar-refractivity contribution in [2.75, 3.05) is 18.1 Å². The maximum atomic E-state index is 4.52. The molecule has 5 heteroatoms. The standard InChI is InChI=1S/C13H22BrN3S/c1-3-17-12(13(14)10(2)16-17)9-15-8-11-4-6-18-7-5-11/h11,15H,3-9H2,1-2H3. The molecule has 1 aromatic heterocycles. The van der Waals surface area contributed by atoms with E-state index < -0.39 is 0 Å². The maximum Gasteiger partial charge on any atom is 0.0739 e. The molecule has 0 aliphatic carbocycles. The van der Waals surface area contributed by atoms with Gasteiger partial charge in [0.1, 0.15) is 0 Å². The highest BCUT2D eigenvalue weighted by Gasteiger charge is 2.15. The summed E-state index contributed by atoms with van der Waals surface area (Å²) in [6.07, 6.45) is 2.73. The van der Waals surface area contributed by atoms with Gasteiger partial charge in [-0.2, -0.15) is 16.9 Å². The van der Waals surface area contributed by atoms with E-state index in [1.165, 1.54) is 30.0 Å². The van der Waals surface area contributed by atoms with Crippen molar-refractivity contribution in [1.82, 2.24) is 15.1 Å². The van der Waals surface area contributed by atoms with Gasteiger partial charge in [-0.1, -0.05) is 0 Å². The summed E-state index contributed by atoms with van der Waals surface area (Å²) in [5.74, 6) is 3.54. The fourth-order valence-corrected chi connectivity index (χ4v) is 4.01. The van der Waals surface area contributed by atoms with E-state index in [-0.39, 0.29) is 0 Å². The lowest BCUT2D eigenvalue weighted by Crippen LogP contribution is -2.26. The van der Waals surface area contributed by atoms with Crippen LogP contribution in [0.4, 0.5) is 0 Å². The van der Waals surface area contributed by atoms with E-state index in [0.29, 0.717) is 0 Å². The largest absolute Gasteiger partial charge is 0.311 e. The summed E-state index contributed by atoms with van der Waals surface area (Å²) < 4.78 is 3.25. The van der Waals surface area contributed by atoms with Crippen LogP contribution in [0, 0.1) is 12.8 Å². The van der Waals surface area contributed by atoms with E-state index in [9.17, 15) is 0 Å². The third kappa shape index (κ3) is 3.52. The van der Waals surface area contributed by atoms with Crippen molar-refractivity contribution >= 4 is 27.7 Å². The Bertz CT molecular complexity index is 386. The highest BCUT2D eigenvalue weighted by atomic mass is 79.9. The third-order valence-corrected chi connectivity index (χ3v) is 5.60. The van der Waals surface area contributed by atoms with Gasteiger partial charge >= 0.3 is 0 Å². The maximum absolute atomic E-state index is 4.52. The van der Waals surface area contributed by atoms with Crippen molar-refractivity contribution in [1.29, 1.82) is 0 Å². The Hall–Kier alpha value is -0.0000000000000000555. The van der Waals surface area contributed by atoms with Crippen molar-refractivity contribution in [3.8, 4) is 0 Å². The summed E-state index contributed by atoms with van der Waals surface area (Å²) in [6.45, 7) is 7.18. The second kappa shape index (κ2) is 6.96. The first-order valence-electron chi connectivity index (χ1n) is 6.72. The summed E-state index contributed by atoms with van der Waals surface area (Å²) in [5.41, 5.74) is 2.36. The predicted molar refractivity (Wildman–Crippen MR) is 82.1 cm³/mol. The van der Waals surface area contributed by atoms with Gasteiger partial charge in [0.2, 0.25) is 0 Å². The van der Waals surface area contributed by atoms with Gasteiger partial charge in [0.15, 0.2) is 0 Å². The van der Waals surface area contributed by atoms with E-state index in [2.05, 4.69) is 56.6 Å². The van der Waals surface area contributed by atoms with Crippen LogP contribution in [0.1, 0.15) is 31.2 Å². The summed E-state index contributed by atoms with van der Waals surface area (Å²) in [5, 5.41) is 8.12. The fraction of sp³-hybridized carbons (Fsp3) is 0.769. The normalized spacial score (nSPS) is 17.3. The molecule has 0 amide bonds. The van der Waals surface area contributed by atoms with E-state index in [4.69, 9.17) is 0 Å². The van der Waals surface area contributed by atoms with Crippen LogP contribution in [0.25, 0.3) is 0 Å². The molecule has 0 aromatic carbocycles. The molecule has 0 saturated carbocycles. The summed E-state index contributed by atoms with van der Waals surface area (Å²) >= 11 is 5.73. The fourth-order valence-electron chi connectivity index (χ4n) is 2.38. The number of nitrogens with zero attached hydrogens (tertiary/aromatic N) is 2. The molecule has 0 atom stereocenters. The van der Waals surface area contributed by atoms with Crippen LogP contribution in [0.15, 0.2) is 4.47 Å². The highest BCUT2D eigenvalue weighted by molar-refractivity contribution is 9.10. The first-order chi connectivity index (χ1) is 8.72. The van der Waals surface area contributed by atoms with Gasteiger partial charge in [0.25, 0.3) is 0 Å². The van der Waals surface area contributed by atoms with Crippen LogP contribution in [0.2, 0.25) is 0 Å². The lowest BCUT2D eigenvalue weighted by Gasteiger charge is -2.21. The first-order valence-corrected chi connectivity index (χ1v) is 8.67. The molecule has 18 heavy (non-hydrogen) atoms. The second-order valence-electron chi connectivity index (χ2n) is 4.85. The average Bonchev–Trinajstić information content (AvgIpc) is 2.67. The van der Waals surface area contributed by atoms with E-state index in [1.54, 1.807) is 0 Å². The smallest absolute Gasteiger partial charge is 0.0739 e. The molecule has 2 heterocycles. The molecular formula is C13H22BrN3S.